The van der Waals surface area contributed by atoms with E-state index < -0.39 is 0 Å². The average molecular weight is 470 g/mol. The molecule has 1 aliphatic heterocycles. The lowest BCUT2D eigenvalue weighted by molar-refractivity contribution is 0.177. The molecule has 172 valence electrons. The molecule has 0 spiro atoms. The van der Waals surface area contributed by atoms with E-state index in [1.165, 1.54) is 68.3 Å². The molecule has 0 radical (unpaired) electrons. The van der Waals surface area contributed by atoms with Gasteiger partial charge in [-0.15, -0.1) is 0 Å². The summed E-state index contributed by atoms with van der Waals surface area (Å²) in [7, 11) is 0. The zero-order chi connectivity index (χ0) is 22.5. The van der Waals surface area contributed by atoms with Crippen molar-refractivity contribution in [3.05, 3.63) is 58.6 Å². The third-order valence-corrected chi connectivity index (χ3v) is 7.58. The summed E-state index contributed by atoms with van der Waals surface area (Å²) < 4.78 is 0. The van der Waals surface area contributed by atoms with Crippen LogP contribution in [-0.2, 0) is 13.0 Å². The highest BCUT2D eigenvalue weighted by Crippen LogP contribution is 2.32. The van der Waals surface area contributed by atoms with E-state index in [1.807, 2.05) is 24.3 Å². The Balaban J connectivity index is 1.57. The van der Waals surface area contributed by atoms with E-state index in [1.54, 1.807) is 0 Å². The van der Waals surface area contributed by atoms with Gasteiger partial charge in [0.25, 0.3) is 0 Å². The van der Waals surface area contributed by atoms with Gasteiger partial charge in [0.05, 0.1) is 0 Å². The van der Waals surface area contributed by atoms with Crippen molar-refractivity contribution >= 4 is 40.3 Å². The van der Waals surface area contributed by atoms with Gasteiger partial charge in [-0.2, -0.15) is 0 Å². The Morgan fingerprint density at radius 2 is 2.00 bits per heavy atom. The molecule has 3 nitrogen and oxygen atoms in total. The molecule has 1 saturated carbocycles. The van der Waals surface area contributed by atoms with E-state index in [4.69, 9.17) is 23.8 Å². The molecule has 0 aromatic heterocycles. The van der Waals surface area contributed by atoms with Gasteiger partial charge < -0.3 is 15.1 Å². The largest absolute Gasteiger partial charge is 0.371 e. The third kappa shape index (κ3) is 5.58. The first-order chi connectivity index (χ1) is 15.5. The number of hydrogen-bond acceptors (Lipinski definition) is 2. The van der Waals surface area contributed by atoms with Crippen molar-refractivity contribution in [2.24, 2.45) is 5.92 Å². The van der Waals surface area contributed by atoms with Crippen molar-refractivity contribution in [2.45, 2.75) is 71.4 Å². The fourth-order valence-corrected chi connectivity index (χ4v) is 5.89. The van der Waals surface area contributed by atoms with Crippen molar-refractivity contribution in [1.82, 2.24) is 4.90 Å². The van der Waals surface area contributed by atoms with Crippen LogP contribution in [0.5, 0.6) is 0 Å². The van der Waals surface area contributed by atoms with Crippen LogP contribution in [0.25, 0.3) is 0 Å². The van der Waals surface area contributed by atoms with Crippen LogP contribution in [0.4, 0.5) is 11.4 Å². The summed E-state index contributed by atoms with van der Waals surface area (Å²) in [6.45, 7) is 7.82. The summed E-state index contributed by atoms with van der Waals surface area (Å²) in [5, 5.41) is 5.00. The maximum atomic E-state index is 6.21. The number of aryl methyl sites for hydroxylation is 1. The lowest BCUT2D eigenvalue weighted by atomic mass is 9.84. The minimum atomic E-state index is 0.468. The number of nitrogens with zero attached hydrogens (tertiary/aromatic N) is 2. The standard InChI is InChI=1S/C27H36ClN3S/c1-3-15-30-16-7-9-22-17-21(13-14-26(22)30)19-31(25-12-5-4-8-20(25)2)27(32)29-24-11-6-10-23(28)18-24/h6,10-11,13-14,17-18,20,25H,3-5,7-9,12,15-16,19H2,1-2H3,(H,29,32)/t20-,25-/m1/s1. The lowest BCUT2D eigenvalue weighted by Gasteiger charge is -2.40. The zero-order valence-corrected chi connectivity index (χ0v) is 21.0. The molecule has 0 bridgehead atoms. The predicted octanol–water partition coefficient (Wildman–Crippen LogP) is 7.28. The zero-order valence-electron chi connectivity index (χ0n) is 19.4. The first-order valence-electron chi connectivity index (χ1n) is 12.2. The summed E-state index contributed by atoms with van der Waals surface area (Å²) in [5.41, 5.74) is 5.23. The molecule has 0 saturated heterocycles. The molecule has 0 amide bonds. The second-order valence-corrected chi connectivity index (χ2v) is 10.3. The topological polar surface area (TPSA) is 18.5 Å². The molecule has 2 aromatic carbocycles. The van der Waals surface area contributed by atoms with Crippen molar-refractivity contribution < 1.29 is 0 Å². The summed E-state index contributed by atoms with van der Waals surface area (Å²) in [4.78, 5) is 4.99. The molecule has 32 heavy (non-hydrogen) atoms. The lowest BCUT2D eigenvalue weighted by Crippen LogP contribution is -2.46. The monoisotopic (exact) mass is 469 g/mol. The molecule has 1 heterocycles. The maximum Gasteiger partial charge on any atom is 0.173 e. The van der Waals surface area contributed by atoms with Crippen molar-refractivity contribution in [3.63, 3.8) is 0 Å². The van der Waals surface area contributed by atoms with Gasteiger partial charge >= 0.3 is 0 Å². The predicted molar refractivity (Wildman–Crippen MR) is 142 cm³/mol. The van der Waals surface area contributed by atoms with Gasteiger partial charge in [0.15, 0.2) is 5.11 Å². The number of benzene rings is 2. The Morgan fingerprint density at radius 1 is 1.16 bits per heavy atom. The molecule has 1 aliphatic carbocycles. The molecular weight excluding hydrogens is 434 g/mol. The number of rotatable bonds is 6. The summed E-state index contributed by atoms with van der Waals surface area (Å²) in [6.07, 6.45) is 8.69. The quantitative estimate of drug-likeness (QED) is 0.448. The van der Waals surface area contributed by atoms with E-state index in [0.717, 1.165) is 28.9 Å². The molecule has 0 unspecified atom stereocenters. The highest BCUT2D eigenvalue weighted by atomic mass is 35.5. The van der Waals surface area contributed by atoms with Gasteiger partial charge in [0.1, 0.15) is 0 Å². The highest BCUT2D eigenvalue weighted by Gasteiger charge is 2.29. The summed E-state index contributed by atoms with van der Waals surface area (Å²) in [5.74, 6) is 0.639. The Labute approximate surface area is 204 Å². The minimum absolute atomic E-state index is 0.468. The summed E-state index contributed by atoms with van der Waals surface area (Å²) in [6, 6.07) is 15.4. The number of anilines is 2. The Morgan fingerprint density at radius 3 is 2.78 bits per heavy atom. The van der Waals surface area contributed by atoms with Crippen LogP contribution in [0.15, 0.2) is 42.5 Å². The van der Waals surface area contributed by atoms with Crippen LogP contribution in [-0.4, -0.2) is 29.1 Å². The fraction of sp³-hybridized carbons (Fsp3) is 0.519. The Kier molecular flexibility index (Phi) is 7.96. The van der Waals surface area contributed by atoms with Gasteiger partial charge in [-0.05, 0) is 85.6 Å². The first kappa shape index (κ1) is 23.4. The van der Waals surface area contributed by atoms with Crippen LogP contribution in [0.1, 0.15) is 63.5 Å². The van der Waals surface area contributed by atoms with Crippen LogP contribution in [0, 0.1) is 5.92 Å². The smallest absolute Gasteiger partial charge is 0.173 e. The number of thiocarbonyl (C=S) groups is 1. The normalized spacial score (nSPS) is 20.5. The van der Waals surface area contributed by atoms with Crippen molar-refractivity contribution in [1.29, 1.82) is 0 Å². The molecular formula is C27H36ClN3S. The molecule has 1 N–H and O–H groups in total. The number of hydrogen-bond donors (Lipinski definition) is 1. The molecule has 2 aromatic rings. The fourth-order valence-electron chi connectivity index (χ4n) is 5.39. The van der Waals surface area contributed by atoms with E-state index >= 15 is 0 Å². The second-order valence-electron chi connectivity index (χ2n) is 9.45. The molecule has 2 aliphatic rings. The SMILES string of the molecule is CCCN1CCCc2cc(CN(C(=S)Nc3cccc(Cl)c3)[C@@H]3CCCC[C@H]3C)ccc21. The highest BCUT2D eigenvalue weighted by molar-refractivity contribution is 7.80. The van der Waals surface area contributed by atoms with Crippen molar-refractivity contribution in [2.75, 3.05) is 23.3 Å². The van der Waals surface area contributed by atoms with Crippen LogP contribution in [0.3, 0.4) is 0 Å². The van der Waals surface area contributed by atoms with Crippen molar-refractivity contribution in [3.8, 4) is 0 Å². The van der Waals surface area contributed by atoms with E-state index in [2.05, 4.69) is 47.2 Å². The van der Waals surface area contributed by atoms with Gasteiger partial charge in [-0.25, -0.2) is 0 Å². The molecule has 2 atom stereocenters. The third-order valence-electron chi connectivity index (χ3n) is 7.01. The second kappa shape index (κ2) is 10.9. The van der Waals surface area contributed by atoms with Gasteiger partial charge in [0.2, 0.25) is 0 Å². The van der Waals surface area contributed by atoms with E-state index in [0.29, 0.717) is 12.0 Å². The van der Waals surface area contributed by atoms with Crippen LogP contribution in [0.2, 0.25) is 5.02 Å². The molecule has 5 heteroatoms. The molecule has 1 fully saturated rings. The van der Waals surface area contributed by atoms with Gasteiger partial charge in [-0.1, -0.05) is 56.5 Å². The van der Waals surface area contributed by atoms with Crippen LogP contribution >= 0.6 is 23.8 Å². The Hall–Kier alpha value is -1.78. The minimum Gasteiger partial charge on any atom is -0.371 e. The average Bonchev–Trinajstić information content (AvgIpc) is 2.78. The van der Waals surface area contributed by atoms with Gasteiger partial charge in [-0.3, -0.25) is 0 Å². The Bertz CT molecular complexity index is 931. The van der Waals surface area contributed by atoms with E-state index in [9.17, 15) is 0 Å². The summed E-state index contributed by atoms with van der Waals surface area (Å²) >= 11 is 12.2. The van der Waals surface area contributed by atoms with Gasteiger partial charge in [0, 0.05) is 42.1 Å². The van der Waals surface area contributed by atoms with E-state index in [-0.39, 0.29) is 0 Å². The number of halogens is 1. The first-order valence-corrected chi connectivity index (χ1v) is 13.0. The van der Waals surface area contributed by atoms with Crippen LogP contribution < -0.4 is 10.2 Å². The maximum absolute atomic E-state index is 6.21. The molecule has 4 rings (SSSR count). The number of fused-ring (bicyclic) bond motifs is 1. The number of nitrogens with one attached hydrogen (secondary N) is 1.